The van der Waals surface area contributed by atoms with Crippen LogP contribution in [-0.2, 0) is 6.54 Å². The van der Waals surface area contributed by atoms with E-state index >= 15 is 0 Å². The molecule has 0 aliphatic rings. The number of para-hydroxylation sites is 1. The van der Waals surface area contributed by atoms with Gasteiger partial charge in [0.05, 0.1) is 0 Å². The van der Waals surface area contributed by atoms with Gasteiger partial charge >= 0.3 is 0 Å². The molecule has 96 valence electrons. The number of nitrogens with two attached hydrogens (primary N) is 1. The maximum Gasteiger partial charge on any atom is 0.0480 e. The van der Waals surface area contributed by atoms with Crippen molar-refractivity contribution in [2.45, 2.75) is 12.5 Å². The smallest absolute Gasteiger partial charge is 0.0480 e. The minimum absolute atomic E-state index is 0.358. The first-order chi connectivity index (χ1) is 9.38. The van der Waals surface area contributed by atoms with Gasteiger partial charge in [0.15, 0.2) is 0 Å². The summed E-state index contributed by atoms with van der Waals surface area (Å²) in [7, 11) is 0. The van der Waals surface area contributed by atoms with Crippen molar-refractivity contribution in [3.05, 3.63) is 72.4 Å². The van der Waals surface area contributed by atoms with Gasteiger partial charge in [-0.15, -0.1) is 0 Å². The molecule has 0 saturated heterocycles. The Labute approximate surface area is 113 Å². The molecular weight excluding hydrogens is 232 g/mol. The van der Waals surface area contributed by atoms with Gasteiger partial charge in [-0.25, -0.2) is 0 Å². The molecule has 2 heteroatoms. The highest BCUT2D eigenvalue weighted by Gasteiger charge is 2.11. The fraction of sp³-hybridized carbons (Fsp3) is 0.176. The summed E-state index contributed by atoms with van der Waals surface area (Å²) in [6, 6.07) is 21.1. The van der Waals surface area contributed by atoms with Gasteiger partial charge in [-0.2, -0.15) is 0 Å². The normalized spacial score (nSPS) is 12.7. The maximum absolute atomic E-state index is 5.95. The Morgan fingerprint density at radius 2 is 1.63 bits per heavy atom. The van der Waals surface area contributed by atoms with Crippen LogP contribution in [0.15, 0.2) is 66.9 Å². The summed E-state index contributed by atoms with van der Waals surface area (Å²) in [5.74, 6) is 0.358. The highest BCUT2D eigenvalue weighted by molar-refractivity contribution is 5.79. The summed E-state index contributed by atoms with van der Waals surface area (Å²) < 4.78 is 2.29. The number of nitrogens with zero attached hydrogens (tertiary/aromatic N) is 1. The van der Waals surface area contributed by atoms with Crippen LogP contribution in [0.2, 0.25) is 0 Å². The largest absolute Gasteiger partial charge is 0.347 e. The van der Waals surface area contributed by atoms with Crippen LogP contribution in [-0.4, -0.2) is 11.1 Å². The zero-order chi connectivity index (χ0) is 13.1. The van der Waals surface area contributed by atoms with Gasteiger partial charge in [-0.05, 0) is 23.1 Å². The number of benzene rings is 2. The second-order valence-electron chi connectivity index (χ2n) is 4.87. The van der Waals surface area contributed by atoms with Crippen molar-refractivity contribution in [2.75, 3.05) is 6.54 Å². The van der Waals surface area contributed by atoms with E-state index < -0.39 is 0 Å². The van der Waals surface area contributed by atoms with E-state index in [1.807, 2.05) is 6.07 Å². The third-order valence-corrected chi connectivity index (χ3v) is 3.65. The molecule has 2 aromatic carbocycles. The molecule has 0 fully saturated rings. The van der Waals surface area contributed by atoms with Crippen LogP contribution in [0.3, 0.4) is 0 Å². The van der Waals surface area contributed by atoms with Crippen LogP contribution in [0.5, 0.6) is 0 Å². The van der Waals surface area contributed by atoms with Crippen molar-refractivity contribution in [3.63, 3.8) is 0 Å². The highest BCUT2D eigenvalue weighted by Crippen LogP contribution is 2.21. The van der Waals surface area contributed by atoms with E-state index in [9.17, 15) is 0 Å². The molecule has 0 amide bonds. The second kappa shape index (κ2) is 5.29. The first-order valence-electron chi connectivity index (χ1n) is 6.67. The zero-order valence-electron chi connectivity index (χ0n) is 10.9. The number of fused-ring (bicyclic) bond motifs is 1. The standard InChI is InChI=1S/C17H18N2/c18-12-16(14-6-2-1-3-7-14)13-19-11-10-15-8-4-5-9-17(15)19/h1-11,16H,12-13,18H2. The Morgan fingerprint density at radius 1 is 0.895 bits per heavy atom. The summed E-state index contributed by atoms with van der Waals surface area (Å²) in [4.78, 5) is 0. The number of aromatic nitrogens is 1. The molecular formula is C17H18N2. The van der Waals surface area contributed by atoms with E-state index in [-0.39, 0.29) is 0 Å². The van der Waals surface area contributed by atoms with Crippen molar-refractivity contribution >= 4 is 10.9 Å². The molecule has 0 spiro atoms. The molecule has 0 aliphatic carbocycles. The molecule has 1 unspecified atom stereocenters. The van der Waals surface area contributed by atoms with E-state index in [0.717, 1.165) is 6.54 Å². The molecule has 0 saturated carbocycles. The monoisotopic (exact) mass is 250 g/mol. The zero-order valence-corrected chi connectivity index (χ0v) is 10.9. The Hall–Kier alpha value is -2.06. The van der Waals surface area contributed by atoms with Crippen LogP contribution in [0.4, 0.5) is 0 Å². The van der Waals surface area contributed by atoms with Gasteiger partial charge in [-0.3, -0.25) is 0 Å². The molecule has 2 nitrogen and oxygen atoms in total. The van der Waals surface area contributed by atoms with E-state index in [4.69, 9.17) is 5.73 Å². The summed E-state index contributed by atoms with van der Waals surface area (Å²) in [6.07, 6.45) is 2.15. The lowest BCUT2D eigenvalue weighted by Crippen LogP contribution is -2.18. The van der Waals surface area contributed by atoms with Crippen LogP contribution in [0.1, 0.15) is 11.5 Å². The molecule has 3 rings (SSSR count). The fourth-order valence-electron chi connectivity index (χ4n) is 2.58. The first-order valence-corrected chi connectivity index (χ1v) is 6.67. The molecule has 1 heterocycles. The second-order valence-corrected chi connectivity index (χ2v) is 4.87. The quantitative estimate of drug-likeness (QED) is 0.756. The molecule has 19 heavy (non-hydrogen) atoms. The molecule has 0 aliphatic heterocycles. The van der Waals surface area contributed by atoms with E-state index in [1.54, 1.807) is 0 Å². The number of hydrogen-bond donors (Lipinski definition) is 1. The third-order valence-electron chi connectivity index (χ3n) is 3.65. The Morgan fingerprint density at radius 3 is 2.42 bits per heavy atom. The summed E-state index contributed by atoms with van der Waals surface area (Å²) in [6.45, 7) is 1.59. The lowest BCUT2D eigenvalue weighted by atomic mass is 9.99. The topological polar surface area (TPSA) is 30.9 Å². The molecule has 3 aromatic rings. The third kappa shape index (κ3) is 2.40. The van der Waals surface area contributed by atoms with Gasteiger partial charge < -0.3 is 10.3 Å². The Bertz CT molecular complexity index is 655. The van der Waals surface area contributed by atoms with Crippen molar-refractivity contribution < 1.29 is 0 Å². The van der Waals surface area contributed by atoms with Crippen molar-refractivity contribution in [1.29, 1.82) is 0 Å². The van der Waals surface area contributed by atoms with Gasteiger partial charge in [-0.1, -0.05) is 48.5 Å². The summed E-state index contributed by atoms with van der Waals surface area (Å²) in [5, 5.41) is 1.28. The van der Waals surface area contributed by atoms with Crippen molar-refractivity contribution in [3.8, 4) is 0 Å². The molecule has 0 bridgehead atoms. The number of rotatable bonds is 4. The average Bonchev–Trinajstić information content (AvgIpc) is 2.89. The van der Waals surface area contributed by atoms with E-state index in [0.29, 0.717) is 12.5 Å². The van der Waals surface area contributed by atoms with E-state index in [2.05, 4.69) is 65.4 Å². The predicted molar refractivity (Wildman–Crippen MR) is 80.2 cm³/mol. The van der Waals surface area contributed by atoms with Crippen LogP contribution < -0.4 is 5.73 Å². The Kier molecular flexibility index (Phi) is 3.34. The predicted octanol–water partition coefficient (Wildman–Crippen LogP) is 3.38. The minimum atomic E-state index is 0.358. The fourth-order valence-corrected chi connectivity index (χ4v) is 2.58. The highest BCUT2D eigenvalue weighted by atomic mass is 15.0. The van der Waals surface area contributed by atoms with Crippen molar-refractivity contribution in [2.24, 2.45) is 5.73 Å². The maximum atomic E-state index is 5.95. The van der Waals surface area contributed by atoms with Crippen LogP contribution in [0, 0.1) is 0 Å². The van der Waals surface area contributed by atoms with Gasteiger partial charge in [0.1, 0.15) is 0 Å². The SMILES string of the molecule is NCC(Cn1ccc2ccccc21)c1ccccc1. The Balaban J connectivity index is 1.91. The lowest BCUT2D eigenvalue weighted by molar-refractivity contribution is 0.580. The van der Waals surface area contributed by atoms with E-state index in [1.165, 1.54) is 16.5 Å². The van der Waals surface area contributed by atoms with Crippen LogP contribution >= 0.6 is 0 Å². The molecule has 0 radical (unpaired) electrons. The van der Waals surface area contributed by atoms with Gasteiger partial charge in [0.2, 0.25) is 0 Å². The summed E-state index contributed by atoms with van der Waals surface area (Å²) in [5.41, 5.74) is 8.54. The van der Waals surface area contributed by atoms with Crippen molar-refractivity contribution in [1.82, 2.24) is 4.57 Å². The summed E-state index contributed by atoms with van der Waals surface area (Å²) >= 11 is 0. The lowest BCUT2D eigenvalue weighted by Gasteiger charge is -2.17. The minimum Gasteiger partial charge on any atom is -0.347 e. The van der Waals surface area contributed by atoms with Gasteiger partial charge in [0.25, 0.3) is 0 Å². The van der Waals surface area contributed by atoms with Gasteiger partial charge in [0, 0.05) is 30.7 Å². The van der Waals surface area contributed by atoms with Crippen LogP contribution in [0.25, 0.3) is 10.9 Å². The average molecular weight is 250 g/mol. The molecule has 2 N–H and O–H groups in total. The number of hydrogen-bond acceptors (Lipinski definition) is 1. The molecule has 1 atom stereocenters. The first kappa shape index (κ1) is 12.0. The molecule has 1 aromatic heterocycles.